The Bertz CT molecular complexity index is 1980. The van der Waals surface area contributed by atoms with Crippen molar-refractivity contribution in [2.75, 3.05) is 29.0 Å². The minimum Gasteiger partial charge on any atom is -0.382 e. The first kappa shape index (κ1) is 31.9. The molecule has 2 aromatic heterocycles. The largest absolute Gasteiger partial charge is 0.382 e. The molecule has 1 aliphatic rings. The fourth-order valence-electron chi connectivity index (χ4n) is 5.29. The Balaban J connectivity index is 1.49. The molecule has 14 heteroatoms. The standard InChI is InChI=1S/C30H34ClFN6O4S2/c1-18(2)30-36-27(20-10-13-24(23(32)16-20)37-44(41,42)26-7-5-4-6-22(26)31)28-29(33)35-17-25(38(28)30)19-8-11-21(12-9-19)34-14-15-43(3,39)40/h4-8,10,13,16-18,21,34,37H,9,11-12,14-15H2,1-3H3,(H2,33,35). The number of allylic oxidation sites excluding steroid dienone is 1. The number of hydrogen-bond donors (Lipinski definition) is 3. The summed E-state index contributed by atoms with van der Waals surface area (Å²) >= 11 is 6.06. The minimum atomic E-state index is -4.14. The average molecular weight is 661 g/mol. The van der Waals surface area contributed by atoms with Crippen LogP contribution >= 0.6 is 11.6 Å². The van der Waals surface area contributed by atoms with Gasteiger partial charge in [0.15, 0.2) is 0 Å². The fraction of sp³-hybridized carbons (Fsp3) is 0.333. The molecule has 0 radical (unpaired) electrons. The van der Waals surface area contributed by atoms with Crippen molar-refractivity contribution < 1.29 is 21.2 Å². The molecule has 4 aromatic rings. The second kappa shape index (κ2) is 12.5. The van der Waals surface area contributed by atoms with Crippen molar-refractivity contribution in [2.45, 2.75) is 50.0 Å². The predicted molar refractivity (Wildman–Crippen MR) is 172 cm³/mol. The summed E-state index contributed by atoms with van der Waals surface area (Å²) < 4.78 is 68.4. The van der Waals surface area contributed by atoms with E-state index in [1.165, 1.54) is 36.6 Å². The highest BCUT2D eigenvalue weighted by molar-refractivity contribution is 7.92. The Morgan fingerprint density at radius 2 is 1.91 bits per heavy atom. The number of hydrogen-bond acceptors (Lipinski definition) is 8. The summed E-state index contributed by atoms with van der Waals surface area (Å²) in [6.45, 7) is 4.41. The monoisotopic (exact) mass is 660 g/mol. The number of fused-ring (bicyclic) bond motifs is 1. The Kier molecular flexibility index (Phi) is 9.04. The normalized spacial score (nSPS) is 16.0. The van der Waals surface area contributed by atoms with Gasteiger partial charge < -0.3 is 11.1 Å². The summed E-state index contributed by atoms with van der Waals surface area (Å²) in [6.07, 6.45) is 7.34. The van der Waals surface area contributed by atoms with Gasteiger partial charge in [0.05, 0.1) is 28.4 Å². The molecule has 0 saturated carbocycles. The first-order valence-electron chi connectivity index (χ1n) is 14.1. The SMILES string of the molecule is CC(C)c1nc(-c2ccc(NS(=O)(=O)c3ccccc3Cl)c(F)c2)c2c(N)ncc(C3=CCC(NCCS(C)(=O)=O)CC3)n12. The molecule has 0 spiro atoms. The van der Waals surface area contributed by atoms with E-state index < -0.39 is 25.7 Å². The number of sulfone groups is 1. The predicted octanol–water partition coefficient (Wildman–Crippen LogP) is 5.27. The van der Waals surface area contributed by atoms with Gasteiger partial charge in [0, 0.05) is 30.3 Å². The molecule has 10 nitrogen and oxygen atoms in total. The van der Waals surface area contributed by atoms with Crippen molar-refractivity contribution in [1.82, 2.24) is 19.7 Å². The van der Waals surface area contributed by atoms with E-state index in [0.717, 1.165) is 36.4 Å². The quantitative estimate of drug-likeness (QED) is 0.208. The van der Waals surface area contributed by atoms with Gasteiger partial charge in [-0.25, -0.2) is 31.2 Å². The van der Waals surface area contributed by atoms with E-state index in [2.05, 4.69) is 21.1 Å². The van der Waals surface area contributed by atoms with E-state index in [4.69, 9.17) is 22.3 Å². The Morgan fingerprint density at radius 3 is 2.55 bits per heavy atom. The van der Waals surface area contributed by atoms with Gasteiger partial charge in [-0.1, -0.05) is 49.7 Å². The van der Waals surface area contributed by atoms with E-state index in [1.54, 1.807) is 18.3 Å². The summed E-state index contributed by atoms with van der Waals surface area (Å²) in [5.41, 5.74) is 9.42. The molecule has 1 unspecified atom stereocenters. The van der Waals surface area contributed by atoms with Gasteiger partial charge in [-0.15, -0.1) is 0 Å². The third kappa shape index (κ3) is 6.75. The maximum atomic E-state index is 15.4. The Morgan fingerprint density at radius 1 is 1.16 bits per heavy atom. The number of nitrogens with zero attached hydrogens (tertiary/aromatic N) is 3. The molecular weight excluding hydrogens is 627 g/mol. The molecule has 0 fully saturated rings. The summed E-state index contributed by atoms with van der Waals surface area (Å²) in [7, 11) is -7.17. The number of nitrogen functional groups attached to an aromatic ring is 1. The summed E-state index contributed by atoms with van der Waals surface area (Å²) in [5, 5.41) is 3.35. The van der Waals surface area contributed by atoms with Crippen LogP contribution in [0.4, 0.5) is 15.9 Å². The Hall–Kier alpha value is -3.52. The number of benzene rings is 2. The van der Waals surface area contributed by atoms with Crippen molar-refractivity contribution in [2.24, 2.45) is 0 Å². The summed E-state index contributed by atoms with van der Waals surface area (Å²) in [6, 6.07) is 10.2. The van der Waals surface area contributed by atoms with Crippen LogP contribution in [0.3, 0.4) is 0 Å². The number of aromatic nitrogens is 3. The van der Waals surface area contributed by atoms with Crippen LogP contribution < -0.4 is 15.8 Å². The number of imidazole rings is 1. The third-order valence-corrected chi connectivity index (χ3v) is 10.3. The smallest absolute Gasteiger partial charge is 0.263 e. The minimum absolute atomic E-state index is 0.0158. The van der Waals surface area contributed by atoms with Crippen molar-refractivity contribution in [3.63, 3.8) is 0 Å². The molecule has 0 bridgehead atoms. The van der Waals surface area contributed by atoms with Crippen LogP contribution in [0, 0.1) is 5.82 Å². The van der Waals surface area contributed by atoms with Crippen LogP contribution in [0.5, 0.6) is 0 Å². The van der Waals surface area contributed by atoms with Crippen LogP contribution in [0.25, 0.3) is 22.3 Å². The molecule has 0 amide bonds. The molecule has 1 aliphatic carbocycles. The van der Waals surface area contributed by atoms with E-state index in [0.29, 0.717) is 23.3 Å². The van der Waals surface area contributed by atoms with Crippen LogP contribution in [0.15, 0.2) is 59.6 Å². The molecule has 5 rings (SSSR count). The molecular formula is C30H34ClFN6O4S2. The summed E-state index contributed by atoms with van der Waals surface area (Å²) in [5.74, 6) is 0.226. The van der Waals surface area contributed by atoms with Gasteiger partial charge in [-0.2, -0.15) is 0 Å². The van der Waals surface area contributed by atoms with E-state index >= 15 is 4.39 Å². The molecule has 0 aliphatic heterocycles. The number of nitrogens with one attached hydrogen (secondary N) is 2. The zero-order chi connectivity index (χ0) is 31.8. The Labute approximate surface area is 261 Å². The molecule has 2 heterocycles. The molecule has 0 saturated heterocycles. The highest BCUT2D eigenvalue weighted by Gasteiger charge is 2.25. The molecule has 1 atom stereocenters. The number of nitrogens with two attached hydrogens (primary N) is 1. The fourth-order valence-corrected chi connectivity index (χ4v) is 7.37. The second-order valence-corrected chi connectivity index (χ2v) is 15.5. The van der Waals surface area contributed by atoms with E-state index in [1.807, 2.05) is 18.2 Å². The van der Waals surface area contributed by atoms with Gasteiger partial charge >= 0.3 is 0 Å². The topological polar surface area (TPSA) is 149 Å². The second-order valence-electron chi connectivity index (χ2n) is 11.2. The molecule has 44 heavy (non-hydrogen) atoms. The maximum Gasteiger partial charge on any atom is 0.263 e. The lowest BCUT2D eigenvalue weighted by Gasteiger charge is -2.24. The van der Waals surface area contributed by atoms with Crippen molar-refractivity contribution in [3.8, 4) is 11.3 Å². The van der Waals surface area contributed by atoms with E-state index in [-0.39, 0.29) is 39.1 Å². The zero-order valence-corrected chi connectivity index (χ0v) is 26.9. The highest BCUT2D eigenvalue weighted by atomic mass is 35.5. The number of rotatable bonds is 10. The van der Waals surface area contributed by atoms with Gasteiger partial charge in [0.2, 0.25) is 0 Å². The number of anilines is 2. The molecule has 4 N–H and O–H groups in total. The molecule has 234 valence electrons. The average Bonchev–Trinajstić information content (AvgIpc) is 3.36. The third-order valence-electron chi connectivity index (χ3n) is 7.49. The van der Waals surface area contributed by atoms with Crippen LogP contribution in [0.2, 0.25) is 5.02 Å². The van der Waals surface area contributed by atoms with Gasteiger partial charge in [0.1, 0.15) is 43.4 Å². The number of halogens is 2. The van der Waals surface area contributed by atoms with Gasteiger partial charge in [-0.05, 0) is 49.1 Å². The lowest BCUT2D eigenvalue weighted by molar-refractivity contribution is 0.491. The van der Waals surface area contributed by atoms with E-state index in [9.17, 15) is 16.8 Å². The first-order valence-corrected chi connectivity index (χ1v) is 18.0. The van der Waals surface area contributed by atoms with Crippen molar-refractivity contribution in [1.29, 1.82) is 0 Å². The van der Waals surface area contributed by atoms with Gasteiger partial charge in [-0.3, -0.25) is 9.12 Å². The lowest BCUT2D eigenvalue weighted by atomic mass is 9.93. The summed E-state index contributed by atoms with van der Waals surface area (Å²) in [4.78, 5) is 9.18. The van der Waals surface area contributed by atoms with Gasteiger partial charge in [0.25, 0.3) is 10.0 Å². The van der Waals surface area contributed by atoms with Crippen molar-refractivity contribution in [3.05, 3.63) is 77.1 Å². The highest BCUT2D eigenvalue weighted by Crippen LogP contribution is 2.37. The van der Waals surface area contributed by atoms with Crippen LogP contribution in [0.1, 0.15) is 50.5 Å². The zero-order valence-electron chi connectivity index (χ0n) is 24.5. The first-order chi connectivity index (χ1) is 20.7. The van der Waals surface area contributed by atoms with Crippen LogP contribution in [-0.2, 0) is 19.9 Å². The lowest BCUT2D eigenvalue weighted by Crippen LogP contribution is -2.34. The molecule has 2 aromatic carbocycles. The number of sulfonamides is 1. The van der Waals surface area contributed by atoms with Crippen LogP contribution in [-0.4, -0.2) is 55.8 Å². The maximum absolute atomic E-state index is 15.4. The van der Waals surface area contributed by atoms with Crippen molar-refractivity contribution >= 4 is 54.1 Å².